The molecular weight excluding hydrogens is 240 g/mol. The van der Waals surface area contributed by atoms with Gasteiger partial charge in [0.15, 0.2) is 0 Å². The lowest BCUT2D eigenvalue weighted by Crippen LogP contribution is -2.10. The number of anilines is 2. The van der Waals surface area contributed by atoms with Crippen LogP contribution in [0.4, 0.5) is 11.6 Å². The fourth-order valence-corrected chi connectivity index (χ4v) is 1.90. The minimum atomic E-state index is 0.260. The second-order valence-electron chi connectivity index (χ2n) is 4.62. The Labute approximate surface area is 112 Å². The van der Waals surface area contributed by atoms with Crippen LogP contribution in [0.25, 0.3) is 0 Å². The van der Waals surface area contributed by atoms with Gasteiger partial charge in [0.1, 0.15) is 23.8 Å². The summed E-state index contributed by atoms with van der Waals surface area (Å²) in [7, 11) is 0. The molecule has 0 aliphatic carbocycles. The lowest BCUT2D eigenvalue weighted by molar-refractivity contribution is 0.846. The summed E-state index contributed by atoms with van der Waals surface area (Å²) >= 11 is 0. The molecule has 2 rings (SSSR count). The maximum Gasteiger partial charge on any atom is 0.135 e. The third kappa shape index (κ3) is 3.15. The van der Waals surface area contributed by atoms with Crippen molar-refractivity contribution in [2.24, 2.45) is 0 Å². The molecule has 2 aromatic rings. The molecule has 0 spiro atoms. The fourth-order valence-electron chi connectivity index (χ4n) is 1.90. The molecule has 0 aliphatic rings. The van der Waals surface area contributed by atoms with Crippen molar-refractivity contribution in [2.45, 2.75) is 33.2 Å². The van der Waals surface area contributed by atoms with Gasteiger partial charge >= 0.3 is 0 Å². The van der Waals surface area contributed by atoms with Crippen molar-refractivity contribution in [1.29, 1.82) is 0 Å². The van der Waals surface area contributed by atoms with Crippen LogP contribution >= 0.6 is 0 Å². The normalized spacial score (nSPS) is 10.7. The van der Waals surface area contributed by atoms with E-state index < -0.39 is 0 Å². The van der Waals surface area contributed by atoms with Crippen LogP contribution in [0, 0.1) is 6.92 Å². The smallest absolute Gasteiger partial charge is 0.135 e. The first-order valence-electron chi connectivity index (χ1n) is 6.20. The van der Waals surface area contributed by atoms with E-state index in [9.17, 15) is 0 Å². The van der Waals surface area contributed by atoms with Crippen molar-refractivity contribution < 1.29 is 0 Å². The van der Waals surface area contributed by atoms with Crippen molar-refractivity contribution in [3.63, 3.8) is 0 Å². The number of nitrogens with zero attached hydrogens (tertiary/aromatic N) is 4. The molecule has 0 radical (unpaired) electrons. The molecule has 19 heavy (non-hydrogen) atoms. The lowest BCUT2D eigenvalue weighted by atomic mass is 10.0. The summed E-state index contributed by atoms with van der Waals surface area (Å²) in [6.07, 6.45) is 3.21. The third-order valence-electron chi connectivity index (χ3n) is 2.76. The van der Waals surface area contributed by atoms with E-state index in [2.05, 4.69) is 39.1 Å². The average molecular weight is 258 g/mol. The highest BCUT2D eigenvalue weighted by molar-refractivity contribution is 5.56. The summed E-state index contributed by atoms with van der Waals surface area (Å²) < 4.78 is 0. The maximum absolute atomic E-state index is 5.90. The molecule has 6 nitrogen and oxygen atoms in total. The predicted molar refractivity (Wildman–Crippen MR) is 74.6 cm³/mol. The Bertz CT molecular complexity index is 567. The number of hydrogen-bond donors (Lipinski definition) is 2. The highest BCUT2D eigenvalue weighted by Gasteiger charge is 2.12. The van der Waals surface area contributed by atoms with E-state index in [4.69, 9.17) is 5.73 Å². The SMILES string of the molecule is Cc1nccc(CNc2ncnc(N)c2C(C)C)n1. The second-order valence-corrected chi connectivity index (χ2v) is 4.62. The van der Waals surface area contributed by atoms with Gasteiger partial charge in [-0.05, 0) is 18.9 Å². The van der Waals surface area contributed by atoms with Gasteiger partial charge in [-0.15, -0.1) is 0 Å². The Hall–Kier alpha value is -2.24. The molecule has 0 bridgehead atoms. The van der Waals surface area contributed by atoms with Gasteiger partial charge < -0.3 is 11.1 Å². The van der Waals surface area contributed by atoms with Crippen LogP contribution in [0.1, 0.15) is 36.8 Å². The van der Waals surface area contributed by atoms with Crippen molar-refractivity contribution >= 4 is 11.6 Å². The molecule has 0 aliphatic heterocycles. The molecule has 3 N–H and O–H groups in total. The van der Waals surface area contributed by atoms with E-state index in [0.29, 0.717) is 12.4 Å². The monoisotopic (exact) mass is 258 g/mol. The molecule has 0 saturated carbocycles. The zero-order valence-corrected chi connectivity index (χ0v) is 11.4. The van der Waals surface area contributed by atoms with Crippen LogP contribution in [-0.2, 0) is 6.54 Å². The molecule has 0 amide bonds. The van der Waals surface area contributed by atoms with Crippen LogP contribution in [0.2, 0.25) is 0 Å². The van der Waals surface area contributed by atoms with E-state index in [-0.39, 0.29) is 5.92 Å². The number of rotatable bonds is 4. The van der Waals surface area contributed by atoms with Gasteiger partial charge in [0.05, 0.1) is 12.2 Å². The molecular formula is C13H18N6. The summed E-state index contributed by atoms with van der Waals surface area (Å²) in [4.78, 5) is 16.7. The summed E-state index contributed by atoms with van der Waals surface area (Å²) in [5.74, 6) is 2.30. The molecule has 100 valence electrons. The summed E-state index contributed by atoms with van der Waals surface area (Å²) in [5, 5.41) is 3.26. The van der Waals surface area contributed by atoms with E-state index in [1.807, 2.05) is 13.0 Å². The highest BCUT2D eigenvalue weighted by atomic mass is 15.0. The van der Waals surface area contributed by atoms with E-state index in [1.54, 1.807) is 6.20 Å². The van der Waals surface area contributed by atoms with E-state index in [1.165, 1.54) is 6.33 Å². The molecule has 0 atom stereocenters. The van der Waals surface area contributed by atoms with Crippen LogP contribution in [-0.4, -0.2) is 19.9 Å². The third-order valence-corrected chi connectivity index (χ3v) is 2.76. The van der Waals surface area contributed by atoms with Crippen LogP contribution < -0.4 is 11.1 Å². The Morgan fingerprint density at radius 2 is 2.05 bits per heavy atom. The van der Waals surface area contributed by atoms with Gasteiger partial charge in [-0.1, -0.05) is 13.8 Å². The zero-order chi connectivity index (χ0) is 13.8. The van der Waals surface area contributed by atoms with Crippen molar-refractivity contribution in [2.75, 3.05) is 11.1 Å². The van der Waals surface area contributed by atoms with Gasteiger partial charge in [0.25, 0.3) is 0 Å². The zero-order valence-electron chi connectivity index (χ0n) is 11.4. The summed E-state index contributed by atoms with van der Waals surface area (Å²) in [6, 6.07) is 1.87. The Morgan fingerprint density at radius 1 is 1.26 bits per heavy atom. The van der Waals surface area contributed by atoms with Gasteiger partial charge in [-0.2, -0.15) is 0 Å². The Kier molecular flexibility index (Phi) is 3.89. The van der Waals surface area contributed by atoms with Crippen molar-refractivity contribution in [3.05, 3.63) is 35.7 Å². The first-order valence-corrected chi connectivity index (χ1v) is 6.20. The number of nitrogens with two attached hydrogens (primary N) is 1. The van der Waals surface area contributed by atoms with Crippen LogP contribution in [0.15, 0.2) is 18.6 Å². The van der Waals surface area contributed by atoms with Gasteiger partial charge in [0.2, 0.25) is 0 Å². The second kappa shape index (κ2) is 5.60. The van der Waals surface area contributed by atoms with E-state index >= 15 is 0 Å². The first kappa shape index (κ1) is 13.2. The van der Waals surface area contributed by atoms with Crippen LogP contribution in [0.3, 0.4) is 0 Å². The number of aryl methyl sites for hydroxylation is 1. The summed E-state index contributed by atoms with van der Waals surface area (Å²) in [5.41, 5.74) is 7.75. The lowest BCUT2D eigenvalue weighted by Gasteiger charge is -2.14. The number of hydrogen-bond acceptors (Lipinski definition) is 6. The predicted octanol–water partition coefficient (Wildman–Crippen LogP) is 1.89. The summed E-state index contributed by atoms with van der Waals surface area (Å²) in [6.45, 7) is 6.58. The molecule has 0 saturated heterocycles. The van der Waals surface area contributed by atoms with Gasteiger partial charge in [0, 0.05) is 11.8 Å². The average Bonchev–Trinajstić information content (AvgIpc) is 2.36. The molecule has 0 aromatic carbocycles. The fraction of sp³-hybridized carbons (Fsp3) is 0.385. The largest absolute Gasteiger partial charge is 0.383 e. The Balaban J connectivity index is 2.18. The Morgan fingerprint density at radius 3 is 2.74 bits per heavy atom. The molecule has 0 unspecified atom stereocenters. The molecule has 6 heteroatoms. The quantitative estimate of drug-likeness (QED) is 0.870. The van der Waals surface area contributed by atoms with Gasteiger partial charge in [-0.25, -0.2) is 19.9 Å². The number of aromatic nitrogens is 4. The number of nitrogens with one attached hydrogen (secondary N) is 1. The van der Waals surface area contributed by atoms with Crippen LogP contribution in [0.5, 0.6) is 0 Å². The minimum Gasteiger partial charge on any atom is -0.383 e. The topological polar surface area (TPSA) is 89.6 Å². The van der Waals surface area contributed by atoms with Gasteiger partial charge in [-0.3, -0.25) is 0 Å². The molecule has 0 fully saturated rings. The minimum absolute atomic E-state index is 0.260. The molecule has 2 heterocycles. The highest BCUT2D eigenvalue weighted by Crippen LogP contribution is 2.26. The van der Waals surface area contributed by atoms with Crippen molar-refractivity contribution in [3.8, 4) is 0 Å². The number of nitrogen functional groups attached to an aromatic ring is 1. The molecule has 2 aromatic heterocycles. The standard InChI is InChI=1S/C13H18N6/c1-8(2)11-12(14)17-7-18-13(11)16-6-10-4-5-15-9(3)19-10/h4-5,7-8H,6H2,1-3H3,(H3,14,16,17,18). The maximum atomic E-state index is 5.90. The first-order chi connectivity index (χ1) is 9.08. The van der Waals surface area contributed by atoms with Crippen molar-refractivity contribution in [1.82, 2.24) is 19.9 Å². The van der Waals surface area contributed by atoms with E-state index in [0.717, 1.165) is 22.9 Å².